The van der Waals surface area contributed by atoms with E-state index in [0.29, 0.717) is 10.0 Å². The van der Waals surface area contributed by atoms with Crippen molar-refractivity contribution in [2.45, 2.75) is 12.5 Å². The highest BCUT2D eigenvalue weighted by atomic mass is 35.5. The smallest absolute Gasteiger partial charge is 0.131 e. The molecule has 0 aliphatic carbocycles. The number of ether oxygens (including phenoxy) is 1. The van der Waals surface area contributed by atoms with Gasteiger partial charge in [0.2, 0.25) is 0 Å². The van der Waals surface area contributed by atoms with Gasteiger partial charge in [-0.25, -0.2) is 0 Å². The van der Waals surface area contributed by atoms with E-state index in [4.69, 9.17) is 27.9 Å². The molecule has 2 nitrogen and oxygen atoms in total. The van der Waals surface area contributed by atoms with Gasteiger partial charge in [0.05, 0.1) is 0 Å². The lowest BCUT2D eigenvalue weighted by atomic mass is 10.0. The average Bonchev–Trinajstić information content (AvgIpc) is 2.84. The van der Waals surface area contributed by atoms with Gasteiger partial charge in [0.1, 0.15) is 11.9 Å². The van der Waals surface area contributed by atoms with Crippen molar-refractivity contribution < 1.29 is 4.74 Å². The van der Waals surface area contributed by atoms with E-state index >= 15 is 0 Å². The van der Waals surface area contributed by atoms with Gasteiger partial charge in [-0.05, 0) is 30.8 Å². The van der Waals surface area contributed by atoms with Crippen LogP contribution in [0.25, 0.3) is 11.1 Å². The van der Waals surface area contributed by atoms with E-state index in [9.17, 15) is 0 Å². The Kier molecular flexibility index (Phi) is 3.88. The van der Waals surface area contributed by atoms with Crippen LogP contribution in [-0.2, 0) is 6.42 Å². The quantitative estimate of drug-likeness (QED) is 0.918. The van der Waals surface area contributed by atoms with Crippen LogP contribution in [-0.4, -0.2) is 19.7 Å². The van der Waals surface area contributed by atoms with Crippen LogP contribution in [0.5, 0.6) is 5.75 Å². The number of fused-ring (bicyclic) bond motifs is 1. The molecule has 0 fully saturated rings. The summed E-state index contributed by atoms with van der Waals surface area (Å²) in [5, 5.41) is 4.51. The summed E-state index contributed by atoms with van der Waals surface area (Å²) in [5.41, 5.74) is 3.15. The van der Waals surface area contributed by atoms with Crippen LogP contribution in [0.2, 0.25) is 10.0 Å². The number of benzene rings is 2. The molecular formula is C16H15Cl2NO. The van der Waals surface area contributed by atoms with E-state index in [-0.39, 0.29) is 6.10 Å². The summed E-state index contributed by atoms with van der Waals surface area (Å²) in [6.45, 7) is 0.831. The fourth-order valence-corrected chi connectivity index (χ4v) is 2.99. The molecule has 1 aliphatic heterocycles. The molecule has 1 atom stereocenters. The maximum Gasteiger partial charge on any atom is 0.131 e. The van der Waals surface area contributed by atoms with Crippen LogP contribution in [0.4, 0.5) is 0 Å². The summed E-state index contributed by atoms with van der Waals surface area (Å²) < 4.78 is 6.06. The molecule has 0 radical (unpaired) electrons. The molecule has 0 amide bonds. The van der Waals surface area contributed by atoms with Crippen LogP contribution in [0.3, 0.4) is 0 Å². The van der Waals surface area contributed by atoms with E-state index < -0.39 is 0 Å². The fraction of sp³-hybridized carbons (Fsp3) is 0.250. The number of nitrogens with one attached hydrogen (secondary N) is 1. The summed E-state index contributed by atoms with van der Waals surface area (Å²) >= 11 is 12.4. The second kappa shape index (κ2) is 5.65. The third-order valence-electron chi connectivity index (χ3n) is 3.48. The van der Waals surface area contributed by atoms with Crippen molar-refractivity contribution in [3.05, 3.63) is 52.0 Å². The zero-order valence-electron chi connectivity index (χ0n) is 11.1. The molecule has 1 heterocycles. The zero-order valence-corrected chi connectivity index (χ0v) is 12.6. The highest BCUT2D eigenvalue weighted by molar-refractivity contribution is 6.35. The maximum atomic E-state index is 6.30. The van der Waals surface area contributed by atoms with E-state index in [0.717, 1.165) is 29.8 Å². The van der Waals surface area contributed by atoms with E-state index in [1.54, 1.807) is 6.07 Å². The third kappa shape index (κ3) is 2.51. The monoisotopic (exact) mass is 307 g/mol. The van der Waals surface area contributed by atoms with Crippen molar-refractivity contribution in [1.82, 2.24) is 5.32 Å². The lowest BCUT2D eigenvalue weighted by Gasteiger charge is -2.13. The molecule has 1 N–H and O–H groups in total. The maximum absolute atomic E-state index is 6.30. The van der Waals surface area contributed by atoms with Crippen LogP contribution in [0, 0.1) is 0 Å². The van der Waals surface area contributed by atoms with Crippen molar-refractivity contribution in [3.8, 4) is 16.9 Å². The summed E-state index contributed by atoms with van der Waals surface area (Å²) in [6.07, 6.45) is 1.09. The number of para-hydroxylation sites is 1. The number of rotatable bonds is 3. The summed E-state index contributed by atoms with van der Waals surface area (Å²) in [6, 6.07) is 11.7. The summed E-state index contributed by atoms with van der Waals surface area (Å²) in [4.78, 5) is 0. The molecule has 0 spiro atoms. The number of halogens is 2. The van der Waals surface area contributed by atoms with Crippen molar-refractivity contribution in [2.75, 3.05) is 13.6 Å². The molecule has 2 aromatic rings. The molecule has 0 unspecified atom stereocenters. The van der Waals surface area contributed by atoms with Crippen molar-refractivity contribution in [2.24, 2.45) is 0 Å². The highest BCUT2D eigenvalue weighted by Crippen LogP contribution is 2.41. The van der Waals surface area contributed by atoms with E-state index in [1.807, 2.05) is 31.3 Å². The lowest BCUT2D eigenvalue weighted by Crippen LogP contribution is -2.27. The molecule has 2 aromatic carbocycles. The minimum absolute atomic E-state index is 0.175. The third-order valence-corrected chi connectivity index (χ3v) is 4.04. The molecule has 20 heavy (non-hydrogen) atoms. The molecule has 0 aromatic heterocycles. The minimum Gasteiger partial charge on any atom is -0.488 e. The van der Waals surface area contributed by atoms with Gasteiger partial charge in [-0.1, -0.05) is 41.4 Å². The van der Waals surface area contributed by atoms with Gasteiger partial charge < -0.3 is 10.1 Å². The Labute approximate surface area is 128 Å². The Morgan fingerprint density at radius 2 is 2.05 bits per heavy atom. The normalized spacial score (nSPS) is 16.9. The second-order valence-corrected chi connectivity index (χ2v) is 5.76. The molecule has 4 heteroatoms. The van der Waals surface area contributed by atoms with Gasteiger partial charge >= 0.3 is 0 Å². The van der Waals surface area contributed by atoms with Gasteiger partial charge in [0, 0.05) is 34.1 Å². The number of likely N-dealkylation sites (N-methyl/N-ethyl adjacent to an activating group) is 1. The predicted octanol–water partition coefficient (Wildman–Crippen LogP) is 4.18. The largest absolute Gasteiger partial charge is 0.488 e. The highest BCUT2D eigenvalue weighted by Gasteiger charge is 2.25. The van der Waals surface area contributed by atoms with Gasteiger partial charge in [-0.15, -0.1) is 0 Å². The van der Waals surface area contributed by atoms with Crippen molar-refractivity contribution in [1.29, 1.82) is 0 Å². The van der Waals surface area contributed by atoms with Crippen LogP contribution in [0.1, 0.15) is 5.56 Å². The lowest BCUT2D eigenvalue weighted by molar-refractivity contribution is 0.232. The predicted molar refractivity (Wildman–Crippen MR) is 83.9 cm³/mol. The first kappa shape index (κ1) is 13.7. The topological polar surface area (TPSA) is 21.3 Å². The van der Waals surface area contributed by atoms with E-state index in [1.165, 1.54) is 5.56 Å². The fourth-order valence-electron chi connectivity index (χ4n) is 2.60. The summed E-state index contributed by atoms with van der Waals surface area (Å²) in [7, 11) is 1.93. The SMILES string of the molecule is CNC[C@@H]1Cc2cccc(-c3cc(Cl)ccc3Cl)c2O1. The molecule has 104 valence electrons. The second-order valence-electron chi connectivity index (χ2n) is 4.92. The van der Waals surface area contributed by atoms with Crippen LogP contribution < -0.4 is 10.1 Å². The Morgan fingerprint density at radius 3 is 2.85 bits per heavy atom. The van der Waals surface area contributed by atoms with Gasteiger partial charge in [-0.3, -0.25) is 0 Å². The molecular weight excluding hydrogens is 293 g/mol. The van der Waals surface area contributed by atoms with Crippen molar-refractivity contribution in [3.63, 3.8) is 0 Å². The Balaban J connectivity index is 2.05. The van der Waals surface area contributed by atoms with Crippen LogP contribution in [0.15, 0.2) is 36.4 Å². The molecule has 1 aliphatic rings. The molecule has 0 saturated carbocycles. The Hall–Kier alpha value is -1.22. The molecule has 3 rings (SSSR count). The first-order valence-corrected chi connectivity index (χ1v) is 7.33. The van der Waals surface area contributed by atoms with Gasteiger partial charge in [-0.2, -0.15) is 0 Å². The minimum atomic E-state index is 0.175. The van der Waals surface area contributed by atoms with Gasteiger partial charge in [0.25, 0.3) is 0 Å². The zero-order chi connectivity index (χ0) is 14.1. The first-order chi connectivity index (χ1) is 9.69. The molecule has 0 saturated heterocycles. The average molecular weight is 308 g/mol. The summed E-state index contributed by atoms with van der Waals surface area (Å²) in [5.74, 6) is 0.928. The van der Waals surface area contributed by atoms with Gasteiger partial charge in [0.15, 0.2) is 0 Å². The number of hydrogen-bond acceptors (Lipinski definition) is 2. The first-order valence-electron chi connectivity index (χ1n) is 6.57. The Morgan fingerprint density at radius 1 is 1.20 bits per heavy atom. The standard InChI is InChI=1S/C16H15Cl2NO/c1-19-9-12-7-10-3-2-4-13(16(10)20-12)14-8-11(17)5-6-15(14)18/h2-6,8,12,19H,7,9H2,1H3/t12-/m0/s1. The molecule has 0 bridgehead atoms. The Bertz CT molecular complexity index is 642. The van der Waals surface area contributed by atoms with E-state index in [2.05, 4.69) is 11.4 Å². The number of hydrogen-bond donors (Lipinski definition) is 1. The van der Waals surface area contributed by atoms with Crippen molar-refractivity contribution >= 4 is 23.2 Å². The van der Waals surface area contributed by atoms with Crippen LogP contribution >= 0.6 is 23.2 Å².